The lowest BCUT2D eigenvalue weighted by Crippen LogP contribution is -2.09. The van der Waals surface area contributed by atoms with Crippen molar-refractivity contribution in [1.29, 1.82) is 0 Å². The van der Waals surface area contributed by atoms with Crippen LogP contribution in [0.1, 0.15) is 29.8 Å². The second kappa shape index (κ2) is 3.84. The van der Waals surface area contributed by atoms with Crippen LogP contribution in [0.3, 0.4) is 0 Å². The molecule has 1 aliphatic heterocycles. The van der Waals surface area contributed by atoms with Crippen LogP contribution < -0.4 is 5.32 Å². The van der Waals surface area contributed by atoms with Crippen LogP contribution in [0.15, 0.2) is 12.1 Å². The van der Waals surface area contributed by atoms with E-state index in [1.807, 2.05) is 0 Å². The maximum absolute atomic E-state index is 4.79. The van der Waals surface area contributed by atoms with E-state index in [4.69, 9.17) is 4.98 Å². The summed E-state index contributed by atoms with van der Waals surface area (Å²) in [7, 11) is 0. The molecule has 0 amide bonds. The Bertz CT molecular complexity index is 556. The fourth-order valence-corrected chi connectivity index (χ4v) is 2.84. The molecule has 0 radical (unpaired) electrons. The highest BCUT2D eigenvalue weighted by Gasteiger charge is 2.27. The van der Waals surface area contributed by atoms with Crippen molar-refractivity contribution in [2.75, 3.05) is 13.1 Å². The molecule has 0 bridgehead atoms. The van der Waals surface area contributed by atoms with Crippen molar-refractivity contribution >= 4 is 11.0 Å². The number of hydrogen-bond acceptors (Lipinski definition) is 2. The van der Waals surface area contributed by atoms with Gasteiger partial charge in [-0.05, 0) is 43.5 Å². The number of rotatable bonds is 1. The van der Waals surface area contributed by atoms with E-state index in [9.17, 15) is 0 Å². The number of H-pyrrole nitrogens is 1. The third kappa shape index (κ3) is 1.75. The number of nitrogens with one attached hydrogen (secondary N) is 2. The first-order valence-electron chi connectivity index (χ1n) is 6.32. The molecule has 3 rings (SSSR count). The average molecular weight is 229 g/mol. The number of aromatic nitrogens is 2. The van der Waals surface area contributed by atoms with Crippen LogP contribution in [0.4, 0.5) is 0 Å². The van der Waals surface area contributed by atoms with Gasteiger partial charge in [-0.1, -0.05) is 13.0 Å². The predicted molar refractivity (Wildman–Crippen MR) is 70.3 cm³/mol. The first-order valence-corrected chi connectivity index (χ1v) is 6.32. The molecule has 2 heterocycles. The lowest BCUT2D eigenvalue weighted by Gasteiger charge is -2.09. The van der Waals surface area contributed by atoms with Crippen LogP contribution in [0, 0.1) is 19.8 Å². The Morgan fingerprint density at radius 3 is 2.76 bits per heavy atom. The third-order valence-electron chi connectivity index (χ3n) is 3.81. The van der Waals surface area contributed by atoms with Gasteiger partial charge in [-0.15, -0.1) is 0 Å². The molecule has 2 aromatic rings. The summed E-state index contributed by atoms with van der Waals surface area (Å²) in [5, 5.41) is 3.43. The van der Waals surface area contributed by atoms with Crippen LogP contribution in [-0.2, 0) is 0 Å². The van der Waals surface area contributed by atoms with Gasteiger partial charge in [0.1, 0.15) is 5.82 Å². The summed E-state index contributed by atoms with van der Waals surface area (Å²) in [6, 6.07) is 4.38. The van der Waals surface area contributed by atoms with Gasteiger partial charge < -0.3 is 10.3 Å². The van der Waals surface area contributed by atoms with Crippen LogP contribution in [-0.4, -0.2) is 23.1 Å². The summed E-state index contributed by atoms with van der Waals surface area (Å²) in [6.07, 6.45) is 0. The minimum atomic E-state index is 0.530. The van der Waals surface area contributed by atoms with E-state index in [0.717, 1.165) is 24.4 Å². The monoisotopic (exact) mass is 229 g/mol. The fourth-order valence-electron chi connectivity index (χ4n) is 2.84. The molecule has 0 spiro atoms. The van der Waals surface area contributed by atoms with Gasteiger partial charge in [0.2, 0.25) is 0 Å². The van der Waals surface area contributed by atoms with Crippen molar-refractivity contribution in [3.8, 4) is 0 Å². The number of aromatic amines is 1. The fraction of sp³-hybridized carbons (Fsp3) is 0.500. The van der Waals surface area contributed by atoms with E-state index in [-0.39, 0.29) is 0 Å². The van der Waals surface area contributed by atoms with Crippen molar-refractivity contribution in [2.24, 2.45) is 5.92 Å². The summed E-state index contributed by atoms with van der Waals surface area (Å²) in [5.74, 6) is 2.34. The summed E-state index contributed by atoms with van der Waals surface area (Å²) in [4.78, 5) is 8.29. The van der Waals surface area contributed by atoms with Gasteiger partial charge in [-0.2, -0.15) is 0 Å². The smallest absolute Gasteiger partial charge is 0.111 e. The minimum Gasteiger partial charge on any atom is -0.342 e. The quantitative estimate of drug-likeness (QED) is 0.789. The van der Waals surface area contributed by atoms with Gasteiger partial charge in [0.15, 0.2) is 0 Å². The number of fused-ring (bicyclic) bond motifs is 1. The van der Waals surface area contributed by atoms with Crippen LogP contribution in [0.2, 0.25) is 0 Å². The van der Waals surface area contributed by atoms with E-state index in [2.05, 4.69) is 43.2 Å². The minimum absolute atomic E-state index is 0.530. The Kier molecular flexibility index (Phi) is 2.44. The molecule has 3 nitrogen and oxygen atoms in total. The molecule has 1 aromatic heterocycles. The molecule has 2 N–H and O–H groups in total. The van der Waals surface area contributed by atoms with E-state index >= 15 is 0 Å². The molecule has 2 unspecified atom stereocenters. The Morgan fingerprint density at radius 1 is 1.24 bits per heavy atom. The van der Waals surface area contributed by atoms with Gasteiger partial charge in [0.05, 0.1) is 11.0 Å². The number of benzene rings is 1. The maximum atomic E-state index is 4.79. The summed E-state index contributed by atoms with van der Waals surface area (Å²) >= 11 is 0. The molecule has 0 saturated carbocycles. The second-order valence-electron chi connectivity index (χ2n) is 5.34. The van der Waals surface area contributed by atoms with Gasteiger partial charge >= 0.3 is 0 Å². The first kappa shape index (κ1) is 10.8. The van der Waals surface area contributed by atoms with Crippen molar-refractivity contribution in [2.45, 2.75) is 26.7 Å². The average Bonchev–Trinajstić information content (AvgIpc) is 2.83. The molecule has 1 aliphatic rings. The normalized spacial score (nSPS) is 24.6. The molecule has 17 heavy (non-hydrogen) atoms. The van der Waals surface area contributed by atoms with Gasteiger partial charge in [-0.25, -0.2) is 4.98 Å². The Labute approximate surface area is 102 Å². The van der Waals surface area contributed by atoms with Crippen molar-refractivity contribution in [3.05, 3.63) is 29.1 Å². The van der Waals surface area contributed by atoms with E-state index in [0.29, 0.717) is 11.8 Å². The van der Waals surface area contributed by atoms with Gasteiger partial charge in [0.25, 0.3) is 0 Å². The molecule has 3 heteroatoms. The second-order valence-corrected chi connectivity index (χ2v) is 5.34. The Hall–Kier alpha value is -1.35. The third-order valence-corrected chi connectivity index (χ3v) is 3.81. The molecule has 1 fully saturated rings. The van der Waals surface area contributed by atoms with E-state index in [1.54, 1.807) is 0 Å². The zero-order valence-corrected chi connectivity index (χ0v) is 10.7. The standard InChI is InChI=1S/C14H19N3/c1-8-4-9(2)13-12(5-8)16-14(17-13)11-7-15-6-10(11)3/h4-5,10-11,15H,6-7H2,1-3H3,(H,16,17). The van der Waals surface area contributed by atoms with Crippen molar-refractivity contribution in [1.82, 2.24) is 15.3 Å². The summed E-state index contributed by atoms with van der Waals surface area (Å²) < 4.78 is 0. The highest BCUT2D eigenvalue weighted by Crippen LogP contribution is 2.28. The number of nitrogens with zero attached hydrogens (tertiary/aromatic N) is 1. The topological polar surface area (TPSA) is 40.7 Å². The van der Waals surface area contributed by atoms with Crippen LogP contribution >= 0.6 is 0 Å². The molecule has 2 atom stereocenters. The van der Waals surface area contributed by atoms with Crippen molar-refractivity contribution < 1.29 is 0 Å². The lowest BCUT2D eigenvalue weighted by atomic mass is 9.98. The van der Waals surface area contributed by atoms with Crippen LogP contribution in [0.5, 0.6) is 0 Å². The lowest BCUT2D eigenvalue weighted by molar-refractivity contribution is 0.551. The van der Waals surface area contributed by atoms with Gasteiger partial charge in [0, 0.05) is 12.5 Å². The number of hydrogen-bond donors (Lipinski definition) is 2. The summed E-state index contributed by atoms with van der Waals surface area (Å²) in [6.45, 7) is 8.69. The maximum Gasteiger partial charge on any atom is 0.111 e. The number of imidazole rings is 1. The van der Waals surface area contributed by atoms with Crippen LogP contribution in [0.25, 0.3) is 11.0 Å². The highest BCUT2D eigenvalue weighted by atomic mass is 15.0. The van der Waals surface area contributed by atoms with Gasteiger partial charge in [-0.3, -0.25) is 0 Å². The summed E-state index contributed by atoms with van der Waals surface area (Å²) in [5.41, 5.74) is 4.87. The highest BCUT2D eigenvalue weighted by molar-refractivity contribution is 5.79. The SMILES string of the molecule is Cc1cc(C)c2nc(C3CNCC3C)[nH]c2c1. The molecule has 1 aromatic carbocycles. The number of aryl methyl sites for hydroxylation is 2. The Morgan fingerprint density at radius 2 is 2.06 bits per heavy atom. The van der Waals surface area contributed by atoms with E-state index < -0.39 is 0 Å². The van der Waals surface area contributed by atoms with Crippen molar-refractivity contribution in [3.63, 3.8) is 0 Å². The first-order chi connectivity index (χ1) is 8.15. The largest absolute Gasteiger partial charge is 0.342 e. The predicted octanol–water partition coefficient (Wildman–Crippen LogP) is 2.50. The zero-order valence-electron chi connectivity index (χ0n) is 10.7. The molecule has 0 aliphatic carbocycles. The molecule has 1 saturated heterocycles. The molecule has 90 valence electrons. The Balaban J connectivity index is 2.10. The molecular weight excluding hydrogens is 210 g/mol. The molecular formula is C14H19N3. The van der Waals surface area contributed by atoms with E-state index in [1.165, 1.54) is 16.6 Å². The zero-order chi connectivity index (χ0) is 12.0.